The van der Waals surface area contributed by atoms with Gasteiger partial charge in [-0.2, -0.15) is 16.4 Å². The molecule has 1 unspecified atom stereocenters. The first-order valence-electron chi connectivity index (χ1n) is 13.2. The standard InChI is InChI=1S/C29H33N5O2S/c35-24-10-7-22(8-11-24)30-21-5-3-19(4-6-21)27-25-17-23(9-12-26(25)32-33-27)31-29(36)28(20-13-16-37-18-20)34-14-1-2-15-34/h3-6,9,12-13,16-18,22,24,28,30,35H,1-2,7-8,10-11,14-15H2,(H,31,36)(H,32,33). The molecule has 6 rings (SSSR count). The van der Waals surface area contributed by atoms with E-state index in [0.29, 0.717) is 6.04 Å². The minimum absolute atomic E-state index is 0.00959. The van der Waals surface area contributed by atoms with Gasteiger partial charge in [0.2, 0.25) is 5.91 Å². The molecule has 1 amide bonds. The van der Waals surface area contributed by atoms with Gasteiger partial charge in [0.15, 0.2) is 0 Å². The Kier molecular flexibility index (Phi) is 6.95. The SMILES string of the molecule is O=C(Nc1ccc2[nH]nc(-c3ccc(NC4CCC(O)CC4)cc3)c2c1)C(c1ccsc1)N1CCCC1. The van der Waals surface area contributed by atoms with E-state index in [1.54, 1.807) is 11.3 Å². The monoisotopic (exact) mass is 515 g/mol. The van der Waals surface area contributed by atoms with Gasteiger partial charge in [0.25, 0.3) is 0 Å². The highest BCUT2D eigenvalue weighted by molar-refractivity contribution is 7.08. The number of anilines is 2. The van der Waals surface area contributed by atoms with Crippen LogP contribution in [0.5, 0.6) is 0 Å². The molecule has 8 heteroatoms. The van der Waals surface area contributed by atoms with Crippen molar-refractivity contribution in [2.24, 2.45) is 0 Å². The van der Waals surface area contributed by atoms with E-state index in [2.05, 4.69) is 61.4 Å². The number of H-pyrrole nitrogens is 1. The largest absolute Gasteiger partial charge is 0.393 e. The minimum atomic E-state index is -0.263. The Labute approximate surface area is 220 Å². The van der Waals surface area contributed by atoms with Gasteiger partial charge in [-0.1, -0.05) is 12.1 Å². The van der Waals surface area contributed by atoms with E-state index in [0.717, 1.165) is 90.7 Å². The Morgan fingerprint density at radius 1 is 1.03 bits per heavy atom. The van der Waals surface area contributed by atoms with Crippen LogP contribution < -0.4 is 10.6 Å². The molecule has 3 heterocycles. The minimum Gasteiger partial charge on any atom is -0.393 e. The number of nitrogens with zero attached hydrogens (tertiary/aromatic N) is 2. The fraction of sp³-hybridized carbons (Fsp3) is 0.379. The molecule has 7 nitrogen and oxygen atoms in total. The summed E-state index contributed by atoms with van der Waals surface area (Å²) in [7, 11) is 0. The number of hydrogen-bond acceptors (Lipinski definition) is 6. The molecule has 2 aromatic carbocycles. The molecule has 2 aromatic heterocycles. The summed E-state index contributed by atoms with van der Waals surface area (Å²) in [5, 5.41) is 29.3. The smallest absolute Gasteiger partial charge is 0.246 e. The van der Waals surface area contributed by atoms with Crippen molar-refractivity contribution in [3.63, 3.8) is 0 Å². The number of aromatic nitrogens is 2. The Hall–Kier alpha value is -3.20. The molecular formula is C29H33N5O2S. The lowest BCUT2D eigenvalue weighted by Gasteiger charge is -2.27. The lowest BCUT2D eigenvalue weighted by atomic mass is 9.93. The van der Waals surface area contributed by atoms with Crippen molar-refractivity contribution in [2.75, 3.05) is 23.7 Å². The van der Waals surface area contributed by atoms with E-state index in [1.807, 2.05) is 23.6 Å². The van der Waals surface area contributed by atoms with Gasteiger partial charge in [-0.3, -0.25) is 14.8 Å². The second kappa shape index (κ2) is 10.7. The van der Waals surface area contributed by atoms with Gasteiger partial charge in [-0.25, -0.2) is 0 Å². The molecule has 1 atom stereocenters. The summed E-state index contributed by atoms with van der Waals surface area (Å²) in [5.74, 6) is 0.00959. The molecule has 0 radical (unpaired) electrons. The number of hydrogen-bond donors (Lipinski definition) is 4. The summed E-state index contributed by atoms with van der Waals surface area (Å²) >= 11 is 1.63. The van der Waals surface area contributed by atoms with Crippen molar-refractivity contribution in [1.29, 1.82) is 0 Å². The van der Waals surface area contributed by atoms with Gasteiger partial charge in [0, 0.05) is 28.4 Å². The second-order valence-corrected chi connectivity index (χ2v) is 11.0. The predicted octanol–water partition coefficient (Wildman–Crippen LogP) is 5.78. The Balaban J connectivity index is 1.20. The average Bonchev–Trinajstić information content (AvgIpc) is 3.69. The first-order valence-corrected chi connectivity index (χ1v) is 14.2. The number of aromatic amines is 1. The quantitative estimate of drug-likeness (QED) is 0.250. The number of carbonyl (C=O) groups excluding carboxylic acids is 1. The van der Waals surface area contributed by atoms with Crippen LogP contribution in [0, 0.1) is 0 Å². The molecule has 4 N–H and O–H groups in total. The number of benzene rings is 2. The zero-order chi connectivity index (χ0) is 25.2. The lowest BCUT2D eigenvalue weighted by molar-refractivity contribution is -0.121. The topological polar surface area (TPSA) is 93.3 Å². The Morgan fingerprint density at radius 3 is 2.51 bits per heavy atom. The number of aliphatic hydroxyl groups excluding tert-OH is 1. The Bertz CT molecular complexity index is 1340. The van der Waals surface area contributed by atoms with Crippen molar-refractivity contribution in [1.82, 2.24) is 15.1 Å². The third kappa shape index (κ3) is 5.28. The highest BCUT2D eigenvalue weighted by Gasteiger charge is 2.30. The number of thiophene rings is 1. The summed E-state index contributed by atoms with van der Waals surface area (Å²) in [5.41, 5.74) is 5.74. The normalized spacial score (nSPS) is 21.2. The van der Waals surface area contributed by atoms with E-state index >= 15 is 0 Å². The van der Waals surface area contributed by atoms with Crippen molar-refractivity contribution in [3.05, 3.63) is 64.9 Å². The third-order valence-corrected chi connectivity index (χ3v) is 8.37. The summed E-state index contributed by atoms with van der Waals surface area (Å²) in [6.45, 7) is 1.90. The molecule has 2 aliphatic rings. The van der Waals surface area contributed by atoms with Crippen molar-refractivity contribution >= 4 is 39.5 Å². The summed E-state index contributed by atoms with van der Waals surface area (Å²) in [4.78, 5) is 15.7. The molecule has 1 saturated carbocycles. The number of aliphatic hydroxyl groups is 1. The highest BCUT2D eigenvalue weighted by Crippen LogP contribution is 2.32. The number of amides is 1. The second-order valence-electron chi connectivity index (χ2n) is 10.3. The predicted molar refractivity (Wildman–Crippen MR) is 150 cm³/mol. The molecule has 0 bridgehead atoms. The van der Waals surface area contributed by atoms with Gasteiger partial charge in [-0.15, -0.1) is 0 Å². The molecule has 2 fully saturated rings. The van der Waals surface area contributed by atoms with Crippen LogP contribution in [-0.4, -0.2) is 51.3 Å². The number of rotatable bonds is 7. The van der Waals surface area contributed by atoms with Gasteiger partial charge >= 0.3 is 0 Å². The third-order valence-electron chi connectivity index (χ3n) is 7.67. The van der Waals surface area contributed by atoms with Crippen molar-refractivity contribution < 1.29 is 9.90 Å². The zero-order valence-electron chi connectivity index (χ0n) is 20.8. The van der Waals surface area contributed by atoms with Crippen LogP contribution in [0.15, 0.2) is 59.3 Å². The van der Waals surface area contributed by atoms with Gasteiger partial charge in [0.1, 0.15) is 6.04 Å². The number of likely N-dealkylation sites (tertiary alicyclic amines) is 1. The maximum atomic E-state index is 13.5. The molecule has 1 aliphatic carbocycles. The molecule has 1 aliphatic heterocycles. The van der Waals surface area contributed by atoms with Crippen LogP contribution >= 0.6 is 11.3 Å². The summed E-state index contributed by atoms with van der Waals surface area (Å²) in [6.07, 6.45) is 5.83. The number of carbonyl (C=O) groups is 1. The molecular weight excluding hydrogens is 482 g/mol. The van der Waals surface area contributed by atoms with Crippen molar-refractivity contribution in [2.45, 2.75) is 56.7 Å². The van der Waals surface area contributed by atoms with Crippen LogP contribution in [-0.2, 0) is 4.79 Å². The van der Waals surface area contributed by atoms with Crippen LogP contribution in [0.3, 0.4) is 0 Å². The molecule has 192 valence electrons. The maximum Gasteiger partial charge on any atom is 0.246 e. The Morgan fingerprint density at radius 2 is 1.78 bits per heavy atom. The number of nitrogens with one attached hydrogen (secondary N) is 3. The highest BCUT2D eigenvalue weighted by atomic mass is 32.1. The van der Waals surface area contributed by atoms with Gasteiger partial charge < -0.3 is 15.7 Å². The zero-order valence-corrected chi connectivity index (χ0v) is 21.6. The first kappa shape index (κ1) is 24.2. The van der Waals surface area contributed by atoms with E-state index in [1.165, 1.54) is 0 Å². The van der Waals surface area contributed by atoms with Gasteiger partial charge in [-0.05, 0) is 104 Å². The average molecular weight is 516 g/mol. The van der Waals surface area contributed by atoms with E-state index in [-0.39, 0.29) is 18.1 Å². The van der Waals surface area contributed by atoms with Crippen LogP contribution in [0.2, 0.25) is 0 Å². The van der Waals surface area contributed by atoms with E-state index < -0.39 is 0 Å². The number of fused-ring (bicyclic) bond motifs is 1. The van der Waals surface area contributed by atoms with Crippen LogP contribution in [0.25, 0.3) is 22.2 Å². The molecule has 1 saturated heterocycles. The molecule has 37 heavy (non-hydrogen) atoms. The van der Waals surface area contributed by atoms with Crippen LogP contribution in [0.1, 0.15) is 50.1 Å². The van der Waals surface area contributed by atoms with E-state index in [4.69, 9.17) is 0 Å². The van der Waals surface area contributed by atoms with Crippen molar-refractivity contribution in [3.8, 4) is 11.3 Å². The summed E-state index contributed by atoms with van der Waals surface area (Å²) < 4.78 is 0. The summed E-state index contributed by atoms with van der Waals surface area (Å²) in [6, 6.07) is 16.5. The maximum absolute atomic E-state index is 13.5. The first-order chi connectivity index (χ1) is 18.1. The van der Waals surface area contributed by atoms with Gasteiger partial charge in [0.05, 0.1) is 17.3 Å². The lowest BCUT2D eigenvalue weighted by Crippen LogP contribution is -2.35. The molecule has 0 spiro atoms. The fourth-order valence-electron chi connectivity index (χ4n) is 5.66. The van der Waals surface area contributed by atoms with Crippen LogP contribution in [0.4, 0.5) is 11.4 Å². The van der Waals surface area contributed by atoms with E-state index in [9.17, 15) is 9.90 Å². The molecule has 4 aromatic rings. The fourth-order valence-corrected chi connectivity index (χ4v) is 6.34.